The molecule has 4 nitrogen and oxygen atoms in total. The molecule has 0 bridgehead atoms. The molecule has 1 atom stereocenters. The highest BCUT2D eigenvalue weighted by Crippen LogP contribution is 2.24. The van der Waals surface area contributed by atoms with E-state index >= 15 is 0 Å². The summed E-state index contributed by atoms with van der Waals surface area (Å²) < 4.78 is 0. The molecule has 1 heterocycles. The zero-order valence-corrected chi connectivity index (χ0v) is 13.2. The van der Waals surface area contributed by atoms with Crippen molar-refractivity contribution in [1.29, 1.82) is 0 Å². The van der Waals surface area contributed by atoms with E-state index in [1.54, 1.807) is 6.07 Å². The molecule has 0 spiro atoms. The first-order valence-electron chi connectivity index (χ1n) is 7.54. The lowest BCUT2D eigenvalue weighted by molar-refractivity contribution is 0.820. The van der Waals surface area contributed by atoms with Crippen LogP contribution in [0, 0.1) is 13.8 Å². The minimum absolute atomic E-state index is 0.253. The van der Waals surface area contributed by atoms with Gasteiger partial charge in [0.15, 0.2) is 0 Å². The van der Waals surface area contributed by atoms with Gasteiger partial charge in [-0.25, -0.2) is 5.10 Å². The zero-order chi connectivity index (χ0) is 16.4. The minimum atomic E-state index is -0.482. The van der Waals surface area contributed by atoms with E-state index in [-0.39, 0.29) is 5.56 Å². The van der Waals surface area contributed by atoms with E-state index in [2.05, 4.69) is 16.3 Å². The number of aromatic amines is 1. The van der Waals surface area contributed by atoms with Gasteiger partial charge >= 0.3 is 0 Å². The summed E-state index contributed by atoms with van der Waals surface area (Å²) in [5.74, 6) is 0. The molecular weight excluding hydrogens is 286 g/mol. The van der Waals surface area contributed by atoms with Crippen LogP contribution in [0.1, 0.15) is 28.3 Å². The van der Waals surface area contributed by atoms with Crippen LogP contribution < -0.4 is 11.3 Å². The van der Waals surface area contributed by atoms with Crippen LogP contribution in [0.15, 0.2) is 59.4 Å². The SMILES string of the molecule is Cc1ccc(C(N)c2cc(-c3ccccc3)n[nH]c2=O)c(C)c1. The predicted molar refractivity (Wildman–Crippen MR) is 92.2 cm³/mol. The van der Waals surface area contributed by atoms with Gasteiger partial charge in [0.25, 0.3) is 5.56 Å². The van der Waals surface area contributed by atoms with Crippen molar-refractivity contribution in [1.82, 2.24) is 10.2 Å². The van der Waals surface area contributed by atoms with Crippen LogP contribution in [-0.4, -0.2) is 10.2 Å². The number of H-pyrrole nitrogens is 1. The molecule has 0 saturated carbocycles. The molecule has 0 saturated heterocycles. The Labute approximate surface area is 135 Å². The molecule has 0 aliphatic carbocycles. The predicted octanol–water partition coefficient (Wildman–Crippen LogP) is 3.10. The fourth-order valence-corrected chi connectivity index (χ4v) is 2.75. The van der Waals surface area contributed by atoms with Crippen molar-refractivity contribution in [3.05, 3.63) is 87.2 Å². The Morgan fingerprint density at radius 1 is 1.00 bits per heavy atom. The van der Waals surface area contributed by atoms with Crippen molar-refractivity contribution < 1.29 is 0 Å². The second-order valence-electron chi connectivity index (χ2n) is 5.74. The number of benzene rings is 2. The van der Waals surface area contributed by atoms with E-state index in [1.807, 2.05) is 56.3 Å². The molecule has 0 amide bonds. The van der Waals surface area contributed by atoms with Crippen molar-refractivity contribution in [3.63, 3.8) is 0 Å². The summed E-state index contributed by atoms with van der Waals surface area (Å²) in [6.45, 7) is 4.05. The quantitative estimate of drug-likeness (QED) is 0.781. The Morgan fingerprint density at radius 2 is 1.74 bits per heavy atom. The van der Waals surface area contributed by atoms with Gasteiger partial charge in [-0.2, -0.15) is 5.10 Å². The first-order valence-corrected chi connectivity index (χ1v) is 7.54. The Balaban J connectivity index is 2.07. The summed E-state index contributed by atoms with van der Waals surface area (Å²) in [6.07, 6.45) is 0. The number of nitrogens with two attached hydrogens (primary N) is 1. The fourth-order valence-electron chi connectivity index (χ4n) is 2.75. The number of hydrogen-bond donors (Lipinski definition) is 2. The highest BCUT2D eigenvalue weighted by molar-refractivity contribution is 5.59. The average molecular weight is 305 g/mol. The molecule has 1 aromatic heterocycles. The first kappa shape index (κ1) is 15.2. The van der Waals surface area contributed by atoms with Gasteiger partial charge in [-0.3, -0.25) is 4.79 Å². The summed E-state index contributed by atoms with van der Waals surface area (Å²) in [6, 6.07) is 17.1. The molecular formula is C19H19N3O. The Bertz CT molecular complexity index is 885. The normalized spacial score (nSPS) is 12.1. The van der Waals surface area contributed by atoms with E-state index < -0.39 is 6.04 Å². The number of nitrogens with one attached hydrogen (secondary N) is 1. The third-order valence-electron chi connectivity index (χ3n) is 4.00. The molecule has 3 aromatic rings. The van der Waals surface area contributed by atoms with Crippen LogP contribution in [-0.2, 0) is 0 Å². The Morgan fingerprint density at radius 3 is 2.43 bits per heavy atom. The summed E-state index contributed by atoms with van der Waals surface area (Å²) in [7, 11) is 0. The van der Waals surface area contributed by atoms with E-state index in [0.29, 0.717) is 11.3 Å². The van der Waals surface area contributed by atoms with E-state index in [4.69, 9.17) is 5.73 Å². The monoisotopic (exact) mass is 305 g/mol. The Hall–Kier alpha value is -2.72. The molecule has 0 fully saturated rings. The van der Waals surface area contributed by atoms with Gasteiger partial charge in [0.05, 0.1) is 11.7 Å². The van der Waals surface area contributed by atoms with Crippen LogP contribution in [0.25, 0.3) is 11.3 Å². The molecule has 0 radical (unpaired) electrons. The van der Waals surface area contributed by atoms with E-state index in [0.717, 1.165) is 16.7 Å². The average Bonchev–Trinajstić information content (AvgIpc) is 2.55. The fraction of sp³-hybridized carbons (Fsp3) is 0.158. The van der Waals surface area contributed by atoms with Gasteiger partial charge < -0.3 is 5.73 Å². The highest BCUT2D eigenvalue weighted by Gasteiger charge is 2.16. The molecule has 3 rings (SSSR count). The Kier molecular flexibility index (Phi) is 4.08. The van der Waals surface area contributed by atoms with Crippen LogP contribution in [0.3, 0.4) is 0 Å². The third kappa shape index (κ3) is 3.07. The molecule has 2 aromatic carbocycles. The molecule has 0 aliphatic heterocycles. The minimum Gasteiger partial charge on any atom is -0.320 e. The lowest BCUT2D eigenvalue weighted by atomic mass is 9.95. The van der Waals surface area contributed by atoms with Crippen molar-refractivity contribution in [3.8, 4) is 11.3 Å². The van der Waals surface area contributed by atoms with Crippen LogP contribution in [0.5, 0.6) is 0 Å². The third-order valence-corrected chi connectivity index (χ3v) is 4.00. The lowest BCUT2D eigenvalue weighted by Crippen LogP contribution is -2.24. The standard InChI is InChI=1S/C19H19N3O/c1-12-8-9-15(13(2)10-12)18(20)16-11-17(21-22-19(16)23)14-6-4-3-5-7-14/h3-11,18H,20H2,1-2H3,(H,22,23). The van der Waals surface area contributed by atoms with Gasteiger partial charge in [0.1, 0.15) is 0 Å². The van der Waals surface area contributed by atoms with Crippen LogP contribution >= 0.6 is 0 Å². The largest absolute Gasteiger partial charge is 0.320 e. The number of hydrogen-bond acceptors (Lipinski definition) is 3. The van der Waals surface area contributed by atoms with Crippen molar-refractivity contribution in [2.75, 3.05) is 0 Å². The van der Waals surface area contributed by atoms with Gasteiger partial charge in [0, 0.05) is 11.1 Å². The summed E-state index contributed by atoms with van der Waals surface area (Å²) in [4.78, 5) is 12.2. The molecule has 116 valence electrons. The molecule has 3 N–H and O–H groups in total. The smallest absolute Gasteiger partial charge is 0.269 e. The second-order valence-corrected chi connectivity index (χ2v) is 5.74. The van der Waals surface area contributed by atoms with E-state index in [9.17, 15) is 4.79 Å². The van der Waals surface area contributed by atoms with E-state index in [1.165, 1.54) is 5.56 Å². The molecule has 4 heteroatoms. The molecule has 0 aliphatic rings. The summed E-state index contributed by atoms with van der Waals surface area (Å²) in [5.41, 5.74) is 11.5. The number of aryl methyl sites for hydroxylation is 2. The maximum Gasteiger partial charge on any atom is 0.269 e. The van der Waals surface area contributed by atoms with Gasteiger partial charge in [0.2, 0.25) is 0 Å². The maximum atomic E-state index is 12.2. The van der Waals surface area contributed by atoms with Crippen LogP contribution in [0.2, 0.25) is 0 Å². The van der Waals surface area contributed by atoms with Gasteiger partial charge in [-0.15, -0.1) is 0 Å². The van der Waals surface area contributed by atoms with Crippen molar-refractivity contribution >= 4 is 0 Å². The van der Waals surface area contributed by atoms with Gasteiger partial charge in [-0.05, 0) is 31.0 Å². The van der Waals surface area contributed by atoms with Crippen molar-refractivity contribution in [2.45, 2.75) is 19.9 Å². The molecule has 23 heavy (non-hydrogen) atoms. The topological polar surface area (TPSA) is 71.8 Å². The first-order chi connectivity index (χ1) is 11.1. The number of nitrogens with zero attached hydrogens (tertiary/aromatic N) is 1. The highest BCUT2D eigenvalue weighted by atomic mass is 16.1. The number of rotatable bonds is 3. The summed E-state index contributed by atoms with van der Waals surface area (Å²) in [5, 5.41) is 6.69. The van der Waals surface area contributed by atoms with Gasteiger partial charge in [-0.1, -0.05) is 54.1 Å². The number of aromatic nitrogens is 2. The lowest BCUT2D eigenvalue weighted by Gasteiger charge is -2.15. The van der Waals surface area contributed by atoms with Crippen molar-refractivity contribution in [2.24, 2.45) is 5.73 Å². The molecule has 1 unspecified atom stereocenters. The maximum absolute atomic E-state index is 12.2. The van der Waals surface area contributed by atoms with Crippen LogP contribution in [0.4, 0.5) is 0 Å². The zero-order valence-electron chi connectivity index (χ0n) is 13.2. The summed E-state index contributed by atoms with van der Waals surface area (Å²) >= 11 is 0. The second kappa shape index (κ2) is 6.18.